The third-order valence-electron chi connectivity index (χ3n) is 5.61. The van der Waals surface area contributed by atoms with E-state index < -0.39 is 0 Å². The van der Waals surface area contributed by atoms with Gasteiger partial charge in [0.2, 0.25) is 0 Å². The zero-order valence-electron chi connectivity index (χ0n) is 16.7. The normalized spacial score (nSPS) is 17.4. The third-order valence-corrected chi connectivity index (χ3v) is 6.67. The number of hydrogen-bond acceptors (Lipinski definition) is 5. The third kappa shape index (κ3) is 3.05. The number of aryl methyl sites for hydroxylation is 4. The molecule has 1 saturated heterocycles. The summed E-state index contributed by atoms with van der Waals surface area (Å²) < 4.78 is 3.40. The van der Waals surface area contributed by atoms with Crippen molar-refractivity contribution in [2.45, 2.75) is 46.1 Å². The second-order valence-electron chi connectivity index (χ2n) is 7.48. The molecule has 0 unspecified atom stereocenters. The van der Waals surface area contributed by atoms with E-state index >= 15 is 0 Å². The first-order valence-corrected chi connectivity index (χ1v) is 10.5. The van der Waals surface area contributed by atoms with Crippen LogP contribution >= 0.6 is 11.3 Å². The lowest BCUT2D eigenvalue weighted by Crippen LogP contribution is -2.43. The highest BCUT2D eigenvalue weighted by molar-refractivity contribution is 7.18. The van der Waals surface area contributed by atoms with Crippen molar-refractivity contribution in [2.24, 2.45) is 7.05 Å². The van der Waals surface area contributed by atoms with Crippen molar-refractivity contribution in [3.05, 3.63) is 44.6 Å². The number of amides is 1. The van der Waals surface area contributed by atoms with E-state index in [0.29, 0.717) is 18.7 Å². The lowest BCUT2D eigenvalue weighted by Gasteiger charge is -2.33. The van der Waals surface area contributed by atoms with Gasteiger partial charge in [-0.3, -0.25) is 18.8 Å². The number of piperidine rings is 1. The summed E-state index contributed by atoms with van der Waals surface area (Å²) in [5.74, 6) is -0.0157. The van der Waals surface area contributed by atoms with Crippen LogP contribution < -0.4 is 5.56 Å². The summed E-state index contributed by atoms with van der Waals surface area (Å²) >= 11 is 1.58. The van der Waals surface area contributed by atoms with Gasteiger partial charge in [-0.2, -0.15) is 5.10 Å². The molecule has 1 aliphatic rings. The lowest BCUT2D eigenvalue weighted by atomic mass is 10.0. The van der Waals surface area contributed by atoms with Gasteiger partial charge in [0.25, 0.3) is 11.5 Å². The fraction of sp³-hybridized carbons (Fsp3) is 0.500. The van der Waals surface area contributed by atoms with E-state index in [9.17, 15) is 9.59 Å². The molecule has 3 aromatic heterocycles. The largest absolute Gasteiger partial charge is 0.336 e. The Labute approximate surface area is 167 Å². The molecular weight excluding hydrogens is 374 g/mol. The molecule has 1 amide bonds. The van der Waals surface area contributed by atoms with E-state index in [0.717, 1.165) is 45.6 Å². The number of thiophene rings is 1. The Hall–Kier alpha value is -2.48. The molecule has 1 fully saturated rings. The van der Waals surface area contributed by atoms with Crippen molar-refractivity contribution >= 4 is 27.5 Å². The predicted molar refractivity (Wildman–Crippen MR) is 110 cm³/mol. The van der Waals surface area contributed by atoms with Crippen molar-refractivity contribution in [2.75, 3.05) is 13.1 Å². The smallest absolute Gasteiger partial charge is 0.262 e. The number of aromatic nitrogens is 4. The van der Waals surface area contributed by atoms with Gasteiger partial charge in [0.15, 0.2) is 0 Å². The monoisotopic (exact) mass is 399 g/mol. The van der Waals surface area contributed by atoms with Crippen LogP contribution in [0.5, 0.6) is 0 Å². The first-order valence-electron chi connectivity index (χ1n) is 9.69. The summed E-state index contributed by atoms with van der Waals surface area (Å²) in [6.07, 6.45) is 5.98. The summed E-state index contributed by atoms with van der Waals surface area (Å²) in [5.41, 5.74) is 2.48. The number of carbonyl (C=O) groups is 1. The minimum atomic E-state index is -0.0519. The van der Waals surface area contributed by atoms with Gasteiger partial charge in [0, 0.05) is 31.2 Å². The van der Waals surface area contributed by atoms with Gasteiger partial charge in [0.1, 0.15) is 4.83 Å². The Bertz CT molecular complexity index is 1110. The summed E-state index contributed by atoms with van der Waals surface area (Å²) in [4.78, 5) is 34.6. The minimum Gasteiger partial charge on any atom is -0.336 e. The molecule has 148 valence electrons. The van der Waals surface area contributed by atoms with Gasteiger partial charge < -0.3 is 4.90 Å². The first-order chi connectivity index (χ1) is 13.4. The van der Waals surface area contributed by atoms with Gasteiger partial charge >= 0.3 is 0 Å². The Balaban J connectivity index is 1.66. The van der Waals surface area contributed by atoms with Crippen molar-refractivity contribution in [3.63, 3.8) is 0 Å². The molecule has 4 rings (SSSR count). The zero-order chi connectivity index (χ0) is 20.0. The average molecular weight is 400 g/mol. The fourth-order valence-corrected chi connectivity index (χ4v) is 5.27. The summed E-state index contributed by atoms with van der Waals surface area (Å²) in [6, 6.07) is -0.0519. The van der Waals surface area contributed by atoms with E-state index in [-0.39, 0.29) is 17.5 Å². The van der Waals surface area contributed by atoms with Gasteiger partial charge in [-0.1, -0.05) is 6.92 Å². The molecule has 0 aromatic carbocycles. The molecule has 7 nitrogen and oxygen atoms in total. The average Bonchev–Trinajstić information content (AvgIpc) is 3.19. The molecular formula is C20H25N5O2S. The second kappa shape index (κ2) is 7.16. The van der Waals surface area contributed by atoms with Gasteiger partial charge in [0.05, 0.1) is 29.0 Å². The summed E-state index contributed by atoms with van der Waals surface area (Å²) in [6.45, 7) is 7.19. The van der Waals surface area contributed by atoms with Crippen LogP contribution in [0.2, 0.25) is 0 Å². The first kappa shape index (κ1) is 18.9. The minimum absolute atomic E-state index is 0.0157. The maximum atomic E-state index is 13.2. The Morgan fingerprint density at radius 1 is 1.36 bits per heavy atom. The molecule has 0 bridgehead atoms. The Morgan fingerprint density at radius 3 is 2.82 bits per heavy atom. The highest BCUT2D eigenvalue weighted by Gasteiger charge is 2.28. The lowest BCUT2D eigenvalue weighted by molar-refractivity contribution is 0.0676. The number of nitrogens with zero attached hydrogens (tertiary/aromatic N) is 5. The molecule has 0 N–H and O–H groups in total. The van der Waals surface area contributed by atoms with Crippen LogP contribution in [0.3, 0.4) is 0 Å². The van der Waals surface area contributed by atoms with E-state index in [1.807, 2.05) is 25.8 Å². The summed E-state index contributed by atoms with van der Waals surface area (Å²) in [5, 5.41) is 5.03. The van der Waals surface area contributed by atoms with E-state index in [2.05, 4.69) is 17.0 Å². The standard InChI is InChI=1S/C20H25N5O2S/c1-5-15-13(3)28-18-17(15)20(27)25(11-21-18)14-7-6-8-24(9-14)19(26)16-10-23(4)22-12(16)2/h10-11,14H,5-9H2,1-4H3/t14-/m1/s1. The molecule has 1 aliphatic heterocycles. The molecule has 0 saturated carbocycles. The van der Waals surface area contributed by atoms with Crippen molar-refractivity contribution in [1.82, 2.24) is 24.2 Å². The van der Waals surface area contributed by atoms with Crippen molar-refractivity contribution < 1.29 is 4.79 Å². The van der Waals surface area contributed by atoms with Crippen LogP contribution in [0.4, 0.5) is 0 Å². The highest BCUT2D eigenvalue weighted by Crippen LogP contribution is 2.28. The van der Waals surface area contributed by atoms with Crippen molar-refractivity contribution in [3.8, 4) is 0 Å². The molecule has 0 aliphatic carbocycles. The molecule has 28 heavy (non-hydrogen) atoms. The molecule has 4 heterocycles. The number of likely N-dealkylation sites (tertiary alicyclic amines) is 1. The summed E-state index contributed by atoms with van der Waals surface area (Å²) in [7, 11) is 1.82. The van der Waals surface area contributed by atoms with E-state index in [1.165, 1.54) is 0 Å². The predicted octanol–water partition coefficient (Wildman–Crippen LogP) is 2.85. The number of fused-ring (bicyclic) bond motifs is 1. The van der Waals surface area contributed by atoms with Gasteiger partial charge in [-0.05, 0) is 38.7 Å². The fourth-order valence-electron chi connectivity index (χ4n) is 4.20. The van der Waals surface area contributed by atoms with E-state index in [4.69, 9.17) is 0 Å². The Morgan fingerprint density at radius 2 is 2.14 bits per heavy atom. The number of rotatable bonds is 3. The van der Waals surface area contributed by atoms with Gasteiger partial charge in [-0.25, -0.2) is 4.98 Å². The molecule has 0 radical (unpaired) electrons. The molecule has 8 heteroatoms. The van der Waals surface area contributed by atoms with Crippen LogP contribution in [-0.4, -0.2) is 43.2 Å². The van der Waals surface area contributed by atoms with E-state index in [1.54, 1.807) is 33.1 Å². The molecule has 0 spiro atoms. The Kier molecular flexibility index (Phi) is 4.82. The van der Waals surface area contributed by atoms with Crippen LogP contribution in [0.15, 0.2) is 17.3 Å². The second-order valence-corrected chi connectivity index (χ2v) is 8.68. The SMILES string of the molecule is CCc1c(C)sc2ncn([C@@H]3CCCN(C(=O)c4cn(C)nc4C)C3)c(=O)c12. The van der Waals surface area contributed by atoms with Crippen LogP contribution in [-0.2, 0) is 13.5 Å². The maximum Gasteiger partial charge on any atom is 0.262 e. The van der Waals surface area contributed by atoms with Crippen LogP contribution in [0.25, 0.3) is 10.2 Å². The van der Waals surface area contributed by atoms with Crippen LogP contribution in [0, 0.1) is 13.8 Å². The zero-order valence-corrected chi connectivity index (χ0v) is 17.5. The number of hydrogen-bond donors (Lipinski definition) is 0. The van der Waals surface area contributed by atoms with Gasteiger partial charge in [-0.15, -0.1) is 11.3 Å². The molecule has 1 atom stereocenters. The number of carbonyl (C=O) groups excluding carboxylic acids is 1. The highest BCUT2D eigenvalue weighted by atomic mass is 32.1. The maximum absolute atomic E-state index is 13.2. The topological polar surface area (TPSA) is 73.0 Å². The molecule has 3 aromatic rings. The van der Waals surface area contributed by atoms with Crippen LogP contribution in [0.1, 0.15) is 52.3 Å². The quantitative estimate of drug-likeness (QED) is 0.679. The van der Waals surface area contributed by atoms with Crippen molar-refractivity contribution in [1.29, 1.82) is 0 Å².